The lowest BCUT2D eigenvalue weighted by molar-refractivity contribution is 0.0730. The first-order valence-corrected chi connectivity index (χ1v) is 11.2. The molecule has 156 valence electrons. The molecule has 0 N–H and O–H groups in total. The van der Waals surface area contributed by atoms with E-state index in [4.69, 9.17) is 0 Å². The number of fused-ring (bicyclic) bond motifs is 1. The van der Waals surface area contributed by atoms with Gasteiger partial charge in [-0.3, -0.25) is 14.4 Å². The van der Waals surface area contributed by atoms with Crippen LogP contribution >= 0.6 is 0 Å². The highest BCUT2D eigenvalue weighted by Gasteiger charge is 2.33. The lowest BCUT2D eigenvalue weighted by Gasteiger charge is -2.27. The van der Waals surface area contributed by atoms with Gasteiger partial charge in [0.05, 0.1) is 18.3 Å². The van der Waals surface area contributed by atoms with Crippen LogP contribution in [0.15, 0.2) is 54.7 Å². The molecule has 2 fully saturated rings. The third-order valence-electron chi connectivity index (χ3n) is 6.99. The van der Waals surface area contributed by atoms with Crippen molar-refractivity contribution >= 4 is 16.8 Å². The average molecular weight is 403 g/mol. The Bertz CT molecular complexity index is 1020. The predicted molar refractivity (Wildman–Crippen MR) is 120 cm³/mol. The molecule has 1 saturated heterocycles. The molecule has 2 aromatic carbocycles. The van der Waals surface area contributed by atoms with E-state index in [2.05, 4.69) is 34.3 Å². The highest BCUT2D eigenvalue weighted by atomic mass is 16.2. The van der Waals surface area contributed by atoms with Crippen molar-refractivity contribution in [2.75, 3.05) is 20.1 Å². The van der Waals surface area contributed by atoms with Gasteiger partial charge in [0.2, 0.25) is 0 Å². The molecule has 0 unspecified atom stereocenters. The molecule has 1 atom stereocenters. The number of hydrogen-bond acceptors (Lipinski definition) is 3. The molecule has 1 aromatic heterocycles. The van der Waals surface area contributed by atoms with Crippen LogP contribution < -0.4 is 0 Å². The number of aromatic nitrogens is 2. The van der Waals surface area contributed by atoms with E-state index in [1.165, 1.54) is 25.7 Å². The van der Waals surface area contributed by atoms with Crippen molar-refractivity contribution in [1.29, 1.82) is 0 Å². The molecule has 5 rings (SSSR count). The Kier molecular flexibility index (Phi) is 5.30. The zero-order valence-corrected chi connectivity index (χ0v) is 17.7. The lowest BCUT2D eigenvalue weighted by atomic mass is 10.1. The van der Waals surface area contributed by atoms with Crippen LogP contribution in [0, 0.1) is 0 Å². The highest BCUT2D eigenvalue weighted by molar-refractivity contribution is 5.94. The topological polar surface area (TPSA) is 41.4 Å². The van der Waals surface area contributed by atoms with E-state index >= 15 is 0 Å². The fourth-order valence-electron chi connectivity index (χ4n) is 5.13. The molecule has 2 aliphatic rings. The fourth-order valence-corrected chi connectivity index (χ4v) is 5.13. The van der Waals surface area contributed by atoms with Gasteiger partial charge in [-0.2, -0.15) is 5.10 Å². The van der Waals surface area contributed by atoms with Crippen molar-refractivity contribution < 1.29 is 4.79 Å². The number of rotatable bonds is 5. The fraction of sp³-hybridized carbons (Fsp3) is 0.440. The Balaban J connectivity index is 1.23. The first-order valence-electron chi connectivity index (χ1n) is 11.2. The van der Waals surface area contributed by atoms with Gasteiger partial charge in [0.25, 0.3) is 5.91 Å². The molecule has 0 bridgehead atoms. The predicted octanol–water partition coefficient (Wildman–Crippen LogP) is 4.17. The van der Waals surface area contributed by atoms with Gasteiger partial charge in [0.1, 0.15) is 0 Å². The number of likely N-dealkylation sites (N-methyl/N-ethyl adjacent to an activating group) is 1. The normalized spacial score (nSPS) is 20.2. The standard InChI is InChI=1S/C25H30N4O/c1-27(23-14-15-28(18-23)22-7-3-4-8-22)25(30)20-12-10-19(11-13-20)17-29-24-9-5-2-6-21(24)16-26-29/h2,5-6,9-13,16,22-23H,3-4,7-8,14-15,17-18H2,1H3/t23-/m1/s1. The number of carbonyl (C=O) groups excluding carboxylic acids is 1. The maximum atomic E-state index is 13.1. The molecule has 1 saturated carbocycles. The van der Waals surface area contributed by atoms with Crippen LogP contribution in [0.25, 0.3) is 10.9 Å². The number of nitrogens with zero attached hydrogens (tertiary/aromatic N) is 4. The minimum atomic E-state index is 0.129. The highest BCUT2D eigenvalue weighted by Crippen LogP contribution is 2.28. The van der Waals surface area contributed by atoms with E-state index in [-0.39, 0.29) is 5.91 Å². The van der Waals surface area contributed by atoms with Crippen molar-refractivity contribution in [3.05, 3.63) is 65.9 Å². The molecule has 5 nitrogen and oxygen atoms in total. The minimum Gasteiger partial charge on any atom is -0.337 e. The molecule has 1 aliphatic heterocycles. The zero-order chi connectivity index (χ0) is 20.5. The molecule has 5 heteroatoms. The van der Waals surface area contributed by atoms with Crippen LogP contribution in [-0.4, -0.2) is 57.7 Å². The molecular formula is C25H30N4O. The van der Waals surface area contributed by atoms with E-state index in [1.807, 2.05) is 47.1 Å². The van der Waals surface area contributed by atoms with Gasteiger partial charge in [0.15, 0.2) is 0 Å². The Labute approximate surface area is 178 Å². The molecule has 0 spiro atoms. The Morgan fingerprint density at radius 2 is 1.83 bits per heavy atom. The number of carbonyl (C=O) groups is 1. The molecular weight excluding hydrogens is 372 g/mol. The van der Waals surface area contributed by atoms with Gasteiger partial charge in [0, 0.05) is 43.2 Å². The number of likely N-dealkylation sites (tertiary alicyclic amines) is 1. The van der Waals surface area contributed by atoms with E-state index in [0.717, 1.165) is 47.6 Å². The summed E-state index contributed by atoms with van der Waals surface area (Å²) in [5.41, 5.74) is 3.05. The Morgan fingerprint density at radius 3 is 2.63 bits per heavy atom. The van der Waals surface area contributed by atoms with E-state index in [1.54, 1.807) is 0 Å². The Morgan fingerprint density at radius 1 is 1.07 bits per heavy atom. The van der Waals surface area contributed by atoms with Crippen LogP contribution in [0.4, 0.5) is 0 Å². The zero-order valence-electron chi connectivity index (χ0n) is 17.7. The monoisotopic (exact) mass is 402 g/mol. The summed E-state index contributed by atoms with van der Waals surface area (Å²) in [5, 5.41) is 5.65. The summed E-state index contributed by atoms with van der Waals surface area (Å²) >= 11 is 0. The maximum Gasteiger partial charge on any atom is 0.253 e. The maximum absolute atomic E-state index is 13.1. The summed E-state index contributed by atoms with van der Waals surface area (Å²) in [6.07, 6.45) is 8.37. The van der Waals surface area contributed by atoms with Crippen LogP contribution in [-0.2, 0) is 6.54 Å². The van der Waals surface area contributed by atoms with Gasteiger partial charge in [-0.05, 0) is 43.0 Å². The average Bonchev–Trinajstić information content (AvgIpc) is 3.54. The van der Waals surface area contributed by atoms with Gasteiger partial charge in [-0.15, -0.1) is 0 Å². The van der Waals surface area contributed by atoms with Gasteiger partial charge < -0.3 is 4.90 Å². The number of hydrogen-bond donors (Lipinski definition) is 0. The van der Waals surface area contributed by atoms with Crippen molar-refractivity contribution in [1.82, 2.24) is 19.6 Å². The van der Waals surface area contributed by atoms with Crippen LogP contribution in [0.1, 0.15) is 48.0 Å². The number of para-hydroxylation sites is 1. The van der Waals surface area contributed by atoms with Crippen LogP contribution in [0.2, 0.25) is 0 Å². The SMILES string of the molecule is CN(C(=O)c1ccc(Cn2ncc3ccccc32)cc1)[C@@H]1CCN(C2CCCC2)C1. The summed E-state index contributed by atoms with van der Waals surface area (Å²) in [6.45, 7) is 2.86. The Hall–Kier alpha value is -2.66. The summed E-state index contributed by atoms with van der Waals surface area (Å²) in [7, 11) is 1.97. The van der Waals surface area contributed by atoms with Crippen molar-refractivity contribution in [3.63, 3.8) is 0 Å². The molecule has 2 heterocycles. The van der Waals surface area contributed by atoms with Crippen molar-refractivity contribution in [2.24, 2.45) is 0 Å². The van der Waals surface area contributed by atoms with Crippen molar-refractivity contribution in [3.8, 4) is 0 Å². The molecule has 3 aromatic rings. The summed E-state index contributed by atoms with van der Waals surface area (Å²) in [6, 6.07) is 17.3. The summed E-state index contributed by atoms with van der Waals surface area (Å²) in [4.78, 5) is 17.6. The van der Waals surface area contributed by atoms with E-state index < -0.39 is 0 Å². The molecule has 1 amide bonds. The van der Waals surface area contributed by atoms with Gasteiger partial charge >= 0.3 is 0 Å². The lowest BCUT2D eigenvalue weighted by Crippen LogP contribution is -2.40. The largest absolute Gasteiger partial charge is 0.337 e. The second-order valence-corrected chi connectivity index (χ2v) is 8.85. The van der Waals surface area contributed by atoms with Crippen LogP contribution in [0.5, 0.6) is 0 Å². The third-order valence-corrected chi connectivity index (χ3v) is 6.99. The third kappa shape index (κ3) is 3.74. The minimum absolute atomic E-state index is 0.129. The number of amides is 1. The van der Waals surface area contributed by atoms with Gasteiger partial charge in [-0.25, -0.2) is 0 Å². The quantitative estimate of drug-likeness (QED) is 0.643. The molecule has 0 radical (unpaired) electrons. The molecule has 30 heavy (non-hydrogen) atoms. The summed E-state index contributed by atoms with van der Waals surface area (Å²) in [5.74, 6) is 0.129. The first-order chi connectivity index (χ1) is 14.7. The second-order valence-electron chi connectivity index (χ2n) is 8.85. The van der Waals surface area contributed by atoms with Gasteiger partial charge in [-0.1, -0.05) is 43.2 Å². The summed E-state index contributed by atoms with van der Waals surface area (Å²) < 4.78 is 2.01. The van der Waals surface area contributed by atoms with Crippen molar-refractivity contribution in [2.45, 2.75) is 50.7 Å². The molecule has 1 aliphatic carbocycles. The van der Waals surface area contributed by atoms with E-state index in [9.17, 15) is 4.79 Å². The number of benzene rings is 2. The second kappa shape index (κ2) is 8.23. The smallest absolute Gasteiger partial charge is 0.253 e. The first kappa shape index (κ1) is 19.3. The van der Waals surface area contributed by atoms with Crippen LogP contribution in [0.3, 0.4) is 0 Å². The van der Waals surface area contributed by atoms with E-state index in [0.29, 0.717) is 12.6 Å².